The zero-order valence-electron chi connectivity index (χ0n) is 12.5. The third kappa shape index (κ3) is 3.28. The Morgan fingerprint density at radius 2 is 2.17 bits per heavy atom. The smallest absolute Gasteiger partial charge is 0.271 e. The lowest BCUT2D eigenvalue weighted by atomic mass is 10.1. The highest BCUT2D eigenvalue weighted by Crippen LogP contribution is 2.13. The van der Waals surface area contributed by atoms with Gasteiger partial charge in [-0.1, -0.05) is 12.1 Å². The molecule has 2 amide bonds. The predicted molar refractivity (Wildman–Crippen MR) is 84.4 cm³/mol. The van der Waals surface area contributed by atoms with Crippen molar-refractivity contribution < 1.29 is 9.59 Å². The molecule has 3 rings (SSSR count). The van der Waals surface area contributed by atoms with Crippen LogP contribution in [0, 0.1) is 5.41 Å². The van der Waals surface area contributed by atoms with Gasteiger partial charge < -0.3 is 21.0 Å². The molecule has 7 nitrogen and oxygen atoms in total. The third-order valence-electron chi connectivity index (χ3n) is 3.77. The summed E-state index contributed by atoms with van der Waals surface area (Å²) in [7, 11) is 0. The molecule has 7 heteroatoms. The Kier molecular flexibility index (Phi) is 3.92. The molecule has 118 valence electrons. The standard InChI is InChI=1S/C16H17N5O2/c17-12-4-5-14-20-13(9-21(14)8-12)16(23)19-7-10-2-1-3-11(6-10)15(18)22/h1-3,6,9,17H,4-5,7-8H2,(H2,18,22)(H,19,23). The normalized spacial score (nSPS) is 13.5. The number of rotatable bonds is 4. The minimum absolute atomic E-state index is 0.275. The van der Waals surface area contributed by atoms with Gasteiger partial charge in [-0.3, -0.25) is 9.59 Å². The van der Waals surface area contributed by atoms with E-state index in [0.29, 0.717) is 36.4 Å². The molecule has 1 aliphatic rings. The molecule has 2 heterocycles. The van der Waals surface area contributed by atoms with Crippen LogP contribution in [0.1, 0.15) is 38.7 Å². The summed E-state index contributed by atoms with van der Waals surface area (Å²) in [6, 6.07) is 6.82. The van der Waals surface area contributed by atoms with Crippen molar-refractivity contribution in [2.75, 3.05) is 0 Å². The Bertz CT molecular complexity index is 794. The van der Waals surface area contributed by atoms with E-state index in [1.54, 1.807) is 24.4 Å². The lowest BCUT2D eigenvalue weighted by Gasteiger charge is -2.13. The zero-order valence-corrected chi connectivity index (χ0v) is 12.5. The quantitative estimate of drug-likeness (QED) is 0.778. The summed E-state index contributed by atoms with van der Waals surface area (Å²) in [5, 5.41) is 10.5. The lowest BCUT2D eigenvalue weighted by molar-refractivity contribution is 0.0945. The van der Waals surface area contributed by atoms with E-state index in [0.717, 1.165) is 11.4 Å². The zero-order chi connectivity index (χ0) is 16.4. The van der Waals surface area contributed by atoms with Crippen molar-refractivity contribution in [3.63, 3.8) is 0 Å². The molecule has 0 fully saturated rings. The Balaban J connectivity index is 1.67. The molecule has 23 heavy (non-hydrogen) atoms. The summed E-state index contributed by atoms with van der Waals surface area (Å²) < 4.78 is 1.84. The molecule has 0 spiro atoms. The molecular formula is C16H17N5O2. The Morgan fingerprint density at radius 3 is 2.96 bits per heavy atom. The number of imidazole rings is 1. The number of hydrogen-bond donors (Lipinski definition) is 3. The number of nitrogens with one attached hydrogen (secondary N) is 2. The number of carbonyl (C=O) groups excluding carboxylic acids is 2. The van der Waals surface area contributed by atoms with Gasteiger partial charge in [0.25, 0.3) is 5.91 Å². The van der Waals surface area contributed by atoms with E-state index in [2.05, 4.69) is 10.3 Å². The van der Waals surface area contributed by atoms with Gasteiger partial charge in [0.05, 0.1) is 6.54 Å². The van der Waals surface area contributed by atoms with Crippen molar-refractivity contribution in [3.05, 3.63) is 53.1 Å². The fourth-order valence-electron chi connectivity index (χ4n) is 2.55. The van der Waals surface area contributed by atoms with E-state index in [-0.39, 0.29) is 12.5 Å². The summed E-state index contributed by atoms with van der Waals surface area (Å²) in [6.45, 7) is 0.786. The second-order valence-electron chi connectivity index (χ2n) is 5.52. The molecule has 1 aromatic heterocycles. The van der Waals surface area contributed by atoms with Gasteiger partial charge in [0.15, 0.2) is 0 Å². The van der Waals surface area contributed by atoms with E-state index in [1.807, 2.05) is 10.6 Å². The molecule has 0 aliphatic carbocycles. The van der Waals surface area contributed by atoms with Crippen LogP contribution < -0.4 is 11.1 Å². The number of primary amides is 1. The summed E-state index contributed by atoms with van der Waals surface area (Å²) >= 11 is 0. The number of aryl methyl sites for hydroxylation is 1. The van der Waals surface area contributed by atoms with Gasteiger partial charge in [-0.25, -0.2) is 4.98 Å². The van der Waals surface area contributed by atoms with Gasteiger partial charge in [-0.2, -0.15) is 0 Å². The molecule has 0 unspecified atom stereocenters. The minimum Gasteiger partial charge on any atom is -0.366 e. The number of nitrogens with two attached hydrogens (primary N) is 1. The molecule has 0 saturated carbocycles. The van der Waals surface area contributed by atoms with E-state index in [4.69, 9.17) is 11.1 Å². The molecule has 1 aliphatic heterocycles. The predicted octanol–water partition coefficient (Wildman–Crippen LogP) is 0.878. The van der Waals surface area contributed by atoms with Crippen LogP contribution in [0.3, 0.4) is 0 Å². The maximum atomic E-state index is 12.2. The van der Waals surface area contributed by atoms with E-state index in [1.165, 1.54) is 0 Å². The van der Waals surface area contributed by atoms with Crippen molar-refractivity contribution >= 4 is 17.5 Å². The van der Waals surface area contributed by atoms with Crippen LogP contribution >= 0.6 is 0 Å². The number of carbonyl (C=O) groups is 2. The Morgan fingerprint density at radius 1 is 1.35 bits per heavy atom. The van der Waals surface area contributed by atoms with Crippen molar-refractivity contribution in [1.29, 1.82) is 5.41 Å². The van der Waals surface area contributed by atoms with Crippen LogP contribution in [0.15, 0.2) is 30.5 Å². The average molecular weight is 311 g/mol. The van der Waals surface area contributed by atoms with E-state index in [9.17, 15) is 9.59 Å². The first-order valence-corrected chi connectivity index (χ1v) is 7.32. The first-order chi connectivity index (χ1) is 11.0. The van der Waals surface area contributed by atoms with Crippen LogP contribution in [0.25, 0.3) is 0 Å². The summed E-state index contributed by atoms with van der Waals surface area (Å²) in [5.41, 5.74) is 7.43. The van der Waals surface area contributed by atoms with Crippen molar-refractivity contribution in [2.24, 2.45) is 5.73 Å². The summed E-state index contributed by atoms with van der Waals surface area (Å²) in [6.07, 6.45) is 3.06. The lowest BCUT2D eigenvalue weighted by Crippen LogP contribution is -2.23. The highest BCUT2D eigenvalue weighted by atomic mass is 16.2. The second-order valence-corrected chi connectivity index (χ2v) is 5.52. The Labute approximate surface area is 133 Å². The van der Waals surface area contributed by atoms with Gasteiger partial charge in [-0.05, 0) is 24.1 Å². The number of amides is 2. The van der Waals surface area contributed by atoms with Gasteiger partial charge in [0.2, 0.25) is 5.91 Å². The summed E-state index contributed by atoms with van der Waals surface area (Å²) in [4.78, 5) is 27.7. The highest BCUT2D eigenvalue weighted by Gasteiger charge is 2.18. The highest BCUT2D eigenvalue weighted by molar-refractivity contribution is 5.93. The van der Waals surface area contributed by atoms with Gasteiger partial charge in [-0.15, -0.1) is 0 Å². The number of benzene rings is 1. The number of fused-ring (bicyclic) bond motifs is 1. The van der Waals surface area contributed by atoms with Gasteiger partial charge in [0.1, 0.15) is 11.5 Å². The maximum absolute atomic E-state index is 12.2. The van der Waals surface area contributed by atoms with E-state index < -0.39 is 5.91 Å². The molecule has 0 atom stereocenters. The largest absolute Gasteiger partial charge is 0.366 e. The third-order valence-corrected chi connectivity index (χ3v) is 3.77. The molecule has 0 bridgehead atoms. The molecular weight excluding hydrogens is 294 g/mol. The van der Waals surface area contributed by atoms with Crippen LogP contribution in [0.5, 0.6) is 0 Å². The minimum atomic E-state index is -0.498. The van der Waals surface area contributed by atoms with Crippen molar-refractivity contribution in [2.45, 2.75) is 25.9 Å². The fourth-order valence-corrected chi connectivity index (χ4v) is 2.55. The van der Waals surface area contributed by atoms with Crippen LogP contribution in [0.2, 0.25) is 0 Å². The first-order valence-electron chi connectivity index (χ1n) is 7.32. The van der Waals surface area contributed by atoms with Crippen LogP contribution in [0.4, 0.5) is 0 Å². The maximum Gasteiger partial charge on any atom is 0.271 e. The average Bonchev–Trinajstić information content (AvgIpc) is 2.96. The van der Waals surface area contributed by atoms with Crippen molar-refractivity contribution in [3.8, 4) is 0 Å². The molecule has 2 aromatic rings. The number of aromatic nitrogens is 2. The molecule has 0 saturated heterocycles. The Hall–Kier alpha value is -2.96. The van der Waals surface area contributed by atoms with Gasteiger partial charge in [0, 0.05) is 30.4 Å². The topological polar surface area (TPSA) is 114 Å². The summed E-state index contributed by atoms with van der Waals surface area (Å²) in [5.74, 6) is 0.0622. The first kappa shape index (κ1) is 15.0. The van der Waals surface area contributed by atoms with Crippen molar-refractivity contribution in [1.82, 2.24) is 14.9 Å². The number of nitrogens with zero attached hydrogens (tertiary/aromatic N) is 2. The van der Waals surface area contributed by atoms with E-state index >= 15 is 0 Å². The molecule has 1 aromatic carbocycles. The molecule has 4 N–H and O–H groups in total. The molecule has 0 radical (unpaired) electrons. The van der Waals surface area contributed by atoms with Gasteiger partial charge >= 0.3 is 0 Å². The SMILES string of the molecule is N=C1CCc2nc(C(=O)NCc3cccc(C(N)=O)c3)cn2C1. The van der Waals surface area contributed by atoms with Crippen LogP contribution in [-0.4, -0.2) is 27.1 Å². The fraction of sp³-hybridized carbons (Fsp3) is 0.250. The monoisotopic (exact) mass is 311 g/mol. The second kappa shape index (κ2) is 6.04. The number of hydrogen-bond acceptors (Lipinski definition) is 4. The van der Waals surface area contributed by atoms with Crippen LogP contribution in [-0.2, 0) is 19.5 Å².